The molecule has 1 aromatic rings. The van der Waals surface area contributed by atoms with Crippen LogP contribution in [-0.2, 0) is 4.79 Å². The Morgan fingerprint density at radius 3 is 2.89 bits per heavy atom. The summed E-state index contributed by atoms with van der Waals surface area (Å²) in [5, 5.41) is 3.97. The van der Waals surface area contributed by atoms with Crippen molar-refractivity contribution in [3.8, 4) is 0 Å². The number of likely N-dealkylation sites (tertiary alicyclic amines) is 1. The fraction of sp³-hybridized carbons (Fsp3) is 0.692. The third-order valence-electron chi connectivity index (χ3n) is 3.39. The van der Waals surface area contributed by atoms with Crippen LogP contribution in [0.15, 0.2) is 6.20 Å². The summed E-state index contributed by atoms with van der Waals surface area (Å²) in [5.41, 5.74) is 5.85. The Morgan fingerprint density at radius 1 is 1.63 bits per heavy atom. The van der Waals surface area contributed by atoms with Crippen molar-refractivity contribution < 1.29 is 4.79 Å². The number of aryl methyl sites for hydroxylation is 1. The molecule has 19 heavy (non-hydrogen) atoms. The first kappa shape index (κ1) is 14.4. The largest absolute Gasteiger partial charge is 0.346 e. The van der Waals surface area contributed by atoms with Crippen molar-refractivity contribution in [1.82, 2.24) is 15.2 Å². The quantitative estimate of drug-likeness (QED) is 0.866. The Kier molecular flexibility index (Phi) is 4.90. The highest BCUT2D eigenvalue weighted by molar-refractivity contribution is 7.11. The van der Waals surface area contributed by atoms with Crippen molar-refractivity contribution >= 4 is 17.2 Å². The number of thiazole rings is 1. The topological polar surface area (TPSA) is 71.2 Å². The van der Waals surface area contributed by atoms with Gasteiger partial charge in [-0.1, -0.05) is 0 Å². The molecule has 0 bridgehead atoms. The summed E-state index contributed by atoms with van der Waals surface area (Å²) >= 11 is 1.63. The maximum atomic E-state index is 12.0. The highest BCUT2D eigenvalue weighted by atomic mass is 32.1. The lowest BCUT2D eigenvalue weighted by Crippen LogP contribution is -2.44. The van der Waals surface area contributed by atoms with Gasteiger partial charge in [-0.05, 0) is 26.7 Å². The minimum absolute atomic E-state index is 0.0155. The molecule has 0 aromatic carbocycles. The molecule has 1 aliphatic heterocycles. The van der Waals surface area contributed by atoms with Gasteiger partial charge in [0.15, 0.2) is 0 Å². The van der Waals surface area contributed by atoms with E-state index in [-0.39, 0.29) is 11.9 Å². The molecule has 0 saturated carbocycles. The maximum Gasteiger partial charge on any atom is 0.234 e. The minimum atomic E-state index is -0.0155. The molecular formula is C13H22N4OS. The summed E-state index contributed by atoms with van der Waals surface area (Å²) in [6.45, 7) is 6.29. The zero-order valence-corrected chi connectivity index (χ0v) is 12.4. The van der Waals surface area contributed by atoms with Crippen LogP contribution in [0.3, 0.4) is 0 Å². The first-order valence-corrected chi connectivity index (χ1v) is 7.56. The van der Waals surface area contributed by atoms with E-state index in [1.165, 1.54) is 4.88 Å². The highest BCUT2D eigenvalue weighted by Crippen LogP contribution is 2.18. The van der Waals surface area contributed by atoms with Crippen molar-refractivity contribution in [2.24, 2.45) is 5.73 Å². The third-order valence-corrected chi connectivity index (χ3v) is 4.48. The lowest BCUT2D eigenvalue weighted by atomic mass is 10.1. The van der Waals surface area contributed by atoms with Gasteiger partial charge in [-0.3, -0.25) is 9.69 Å². The fourth-order valence-corrected chi connectivity index (χ4v) is 3.01. The second kappa shape index (κ2) is 6.45. The van der Waals surface area contributed by atoms with Crippen molar-refractivity contribution in [2.75, 3.05) is 19.6 Å². The molecule has 1 amide bonds. The van der Waals surface area contributed by atoms with E-state index in [1.807, 2.05) is 20.0 Å². The first-order valence-electron chi connectivity index (χ1n) is 6.74. The molecule has 1 atom stereocenters. The van der Waals surface area contributed by atoms with Crippen molar-refractivity contribution in [2.45, 2.75) is 38.8 Å². The van der Waals surface area contributed by atoms with Gasteiger partial charge in [-0.25, -0.2) is 4.98 Å². The summed E-state index contributed by atoms with van der Waals surface area (Å²) in [7, 11) is 0. The number of nitrogens with one attached hydrogen (secondary N) is 1. The molecule has 1 saturated heterocycles. The molecule has 2 heterocycles. The van der Waals surface area contributed by atoms with Gasteiger partial charge in [-0.2, -0.15) is 0 Å². The summed E-state index contributed by atoms with van der Waals surface area (Å²) < 4.78 is 0. The monoisotopic (exact) mass is 282 g/mol. The lowest BCUT2D eigenvalue weighted by molar-refractivity contribution is -0.123. The van der Waals surface area contributed by atoms with Crippen molar-refractivity contribution in [3.05, 3.63) is 16.1 Å². The number of piperidine rings is 1. The number of aromatic nitrogens is 1. The number of carbonyl (C=O) groups is 1. The molecule has 5 nitrogen and oxygen atoms in total. The molecule has 1 aromatic heterocycles. The van der Waals surface area contributed by atoms with E-state index < -0.39 is 0 Å². The highest BCUT2D eigenvalue weighted by Gasteiger charge is 2.19. The molecule has 1 aliphatic rings. The van der Waals surface area contributed by atoms with Crippen LogP contribution in [0.2, 0.25) is 0 Å². The smallest absolute Gasteiger partial charge is 0.234 e. The third kappa shape index (κ3) is 4.26. The van der Waals surface area contributed by atoms with E-state index in [2.05, 4.69) is 15.2 Å². The van der Waals surface area contributed by atoms with Crippen LogP contribution >= 0.6 is 11.3 Å². The summed E-state index contributed by atoms with van der Waals surface area (Å²) in [6, 6.07) is 0.287. The standard InChI is InChI=1S/C13H22N4OS/c1-9-7-15-13(19-9)10(2)16-12(18)8-17-5-3-11(14)4-6-17/h7,10-11H,3-6,8,14H2,1-2H3,(H,16,18). The van der Waals surface area contributed by atoms with Gasteiger partial charge in [0.05, 0.1) is 12.6 Å². The SMILES string of the molecule is Cc1cnc(C(C)NC(=O)CN2CCC(N)CC2)s1. The zero-order chi connectivity index (χ0) is 13.8. The van der Waals surface area contributed by atoms with E-state index in [9.17, 15) is 4.79 Å². The molecule has 1 unspecified atom stereocenters. The summed E-state index contributed by atoms with van der Waals surface area (Å²) in [5.74, 6) is 0.0656. The van der Waals surface area contributed by atoms with Crippen LogP contribution in [0.25, 0.3) is 0 Å². The molecule has 2 rings (SSSR count). The number of hydrogen-bond acceptors (Lipinski definition) is 5. The van der Waals surface area contributed by atoms with Crippen LogP contribution in [0.1, 0.15) is 35.7 Å². The number of carbonyl (C=O) groups excluding carboxylic acids is 1. The molecule has 3 N–H and O–H groups in total. The van der Waals surface area contributed by atoms with Crippen LogP contribution in [-0.4, -0.2) is 41.5 Å². The van der Waals surface area contributed by atoms with Crippen LogP contribution in [0.4, 0.5) is 0 Å². The normalized spacial score (nSPS) is 19.3. The second-order valence-corrected chi connectivity index (χ2v) is 6.48. The fourth-order valence-electron chi connectivity index (χ4n) is 2.24. The predicted molar refractivity (Wildman–Crippen MR) is 77.1 cm³/mol. The Hall–Kier alpha value is -0.980. The number of amides is 1. The number of rotatable bonds is 4. The molecule has 0 radical (unpaired) electrons. The summed E-state index contributed by atoms with van der Waals surface area (Å²) in [6.07, 6.45) is 3.80. The van der Waals surface area contributed by atoms with Crippen molar-refractivity contribution in [3.63, 3.8) is 0 Å². The van der Waals surface area contributed by atoms with Crippen LogP contribution in [0.5, 0.6) is 0 Å². The minimum Gasteiger partial charge on any atom is -0.346 e. The Bertz CT molecular complexity index is 426. The average Bonchev–Trinajstić information content (AvgIpc) is 2.79. The average molecular weight is 282 g/mol. The van der Waals surface area contributed by atoms with Gasteiger partial charge < -0.3 is 11.1 Å². The summed E-state index contributed by atoms with van der Waals surface area (Å²) in [4.78, 5) is 19.6. The molecule has 106 valence electrons. The van der Waals surface area contributed by atoms with Crippen molar-refractivity contribution in [1.29, 1.82) is 0 Å². The van der Waals surface area contributed by atoms with E-state index in [0.29, 0.717) is 12.6 Å². The molecule has 0 aliphatic carbocycles. The van der Waals surface area contributed by atoms with E-state index in [0.717, 1.165) is 30.9 Å². The molecular weight excluding hydrogens is 260 g/mol. The predicted octanol–water partition coefficient (Wildman–Crippen LogP) is 1.05. The van der Waals surface area contributed by atoms with E-state index >= 15 is 0 Å². The van der Waals surface area contributed by atoms with Gasteiger partial charge in [0.25, 0.3) is 0 Å². The van der Waals surface area contributed by atoms with Crippen LogP contribution in [0, 0.1) is 6.92 Å². The zero-order valence-electron chi connectivity index (χ0n) is 11.6. The molecule has 1 fully saturated rings. The molecule has 0 spiro atoms. The van der Waals surface area contributed by atoms with E-state index in [4.69, 9.17) is 5.73 Å². The number of nitrogens with two attached hydrogens (primary N) is 1. The van der Waals surface area contributed by atoms with Gasteiger partial charge in [0.1, 0.15) is 5.01 Å². The van der Waals surface area contributed by atoms with Crippen LogP contribution < -0.4 is 11.1 Å². The Morgan fingerprint density at radius 2 is 2.32 bits per heavy atom. The number of hydrogen-bond donors (Lipinski definition) is 2. The van der Waals surface area contributed by atoms with Gasteiger partial charge in [-0.15, -0.1) is 11.3 Å². The second-order valence-electron chi connectivity index (χ2n) is 5.21. The van der Waals surface area contributed by atoms with Gasteiger partial charge in [0, 0.05) is 30.2 Å². The molecule has 6 heteroatoms. The van der Waals surface area contributed by atoms with E-state index in [1.54, 1.807) is 11.3 Å². The Labute approximate surface area is 118 Å². The van der Waals surface area contributed by atoms with Gasteiger partial charge in [0.2, 0.25) is 5.91 Å². The Balaban J connectivity index is 1.78. The lowest BCUT2D eigenvalue weighted by Gasteiger charge is -2.29. The van der Waals surface area contributed by atoms with Gasteiger partial charge >= 0.3 is 0 Å². The number of nitrogens with zero attached hydrogens (tertiary/aromatic N) is 2. The first-order chi connectivity index (χ1) is 9.04. The maximum absolute atomic E-state index is 12.0.